The van der Waals surface area contributed by atoms with Gasteiger partial charge < -0.3 is 19.9 Å². The molecule has 7 heteroatoms. The summed E-state index contributed by atoms with van der Waals surface area (Å²) in [5, 5.41) is 8.96. The minimum atomic E-state index is -0.683. The molecule has 0 spiro atoms. The summed E-state index contributed by atoms with van der Waals surface area (Å²) in [7, 11) is 1.23. The second-order valence-corrected chi connectivity index (χ2v) is 4.34. The number of hydrogen-bond donors (Lipinski definition) is 2. The third-order valence-corrected chi connectivity index (χ3v) is 2.68. The van der Waals surface area contributed by atoms with Crippen LogP contribution in [0.4, 0.5) is 5.82 Å². The molecule has 22 heavy (non-hydrogen) atoms. The van der Waals surface area contributed by atoms with Gasteiger partial charge in [-0.3, -0.25) is 4.79 Å². The van der Waals surface area contributed by atoms with Gasteiger partial charge in [0.1, 0.15) is 11.5 Å². The van der Waals surface area contributed by atoms with E-state index < -0.39 is 11.9 Å². The fraction of sp³-hybridized carbons (Fsp3) is 0.133. The zero-order chi connectivity index (χ0) is 15.9. The van der Waals surface area contributed by atoms with Crippen molar-refractivity contribution < 1.29 is 18.8 Å². The van der Waals surface area contributed by atoms with E-state index in [0.717, 1.165) is 0 Å². The Hall–Kier alpha value is -3.09. The number of carbonyl (C=O) groups is 2. The van der Waals surface area contributed by atoms with Crippen LogP contribution in [0.1, 0.15) is 16.1 Å². The normalized spacial score (nSPS) is 10.9. The molecule has 1 aromatic heterocycles. The van der Waals surface area contributed by atoms with Crippen molar-refractivity contribution in [2.24, 2.45) is 0 Å². The molecule has 1 amide bonds. The van der Waals surface area contributed by atoms with E-state index in [1.54, 1.807) is 43.3 Å². The predicted molar refractivity (Wildman–Crippen MR) is 78.9 cm³/mol. The monoisotopic (exact) mass is 301 g/mol. The van der Waals surface area contributed by atoms with E-state index >= 15 is 0 Å². The summed E-state index contributed by atoms with van der Waals surface area (Å²) in [6.45, 7) is 1.74. The topological polar surface area (TPSA) is 93.5 Å². The van der Waals surface area contributed by atoms with Gasteiger partial charge in [0.05, 0.1) is 7.11 Å². The highest BCUT2D eigenvalue weighted by atomic mass is 16.5. The lowest BCUT2D eigenvalue weighted by molar-refractivity contribution is -0.136. The number of carbonyl (C=O) groups excluding carboxylic acids is 2. The minimum absolute atomic E-state index is 0.0444. The molecule has 0 aliphatic rings. The number of aromatic nitrogens is 1. The lowest BCUT2D eigenvalue weighted by Gasteiger charge is -2.08. The molecule has 2 rings (SSSR count). The second-order valence-electron chi connectivity index (χ2n) is 4.34. The van der Waals surface area contributed by atoms with Gasteiger partial charge in [-0.15, -0.1) is 0 Å². The number of hydrogen-bond acceptors (Lipinski definition) is 6. The van der Waals surface area contributed by atoms with Crippen LogP contribution in [0.5, 0.6) is 0 Å². The number of rotatable bonds is 5. The molecule has 0 atom stereocenters. The van der Waals surface area contributed by atoms with Crippen LogP contribution in [0.2, 0.25) is 0 Å². The quantitative estimate of drug-likeness (QED) is 0.646. The van der Waals surface area contributed by atoms with Crippen LogP contribution in [0.25, 0.3) is 0 Å². The van der Waals surface area contributed by atoms with Crippen LogP contribution in [0.15, 0.2) is 52.8 Å². The summed E-state index contributed by atoms with van der Waals surface area (Å²) in [6.07, 6.45) is 1.30. The van der Waals surface area contributed by atoms with E-state index in [-0.39, 0.29) is 5.70 Å². The molecule has 0 fully saturated rings. The number of anilines is 1. The lowest BCUT2D eigenvalue weighted by atomic mass is 10.2. The molecule has 2 aromatic rings. The number of nitrogens with one attached hydrogen (secondary N) is 2. The van der Waals surface area contributed by atoms with Crippen molar-refractivity contribution in [2.45, 2.75) is 6.92 Å². The molecule has 0 saturated carbocycles. The average Bonchev–Trinajstić information content (AvgIpc) is 2.96. The molecule has 7 nitrogen and oxygen atoms in total. The van der Waals surface area contributed by atoms with Gasteiger partial charge in [0, 0.05) is 17.8 Å². The Kier molecular flexibility index (Phi) is 4.92. The van der Waals surface area contributed by atoms with Crippen LogP contribution in [-0.4, -0.2) is 24.1 Å². The van der Waals surface area contributed by atoms with Gasteiger partial charge in [-0.2, -0.15) is 0 Å². The first-order valence-corrected chi connectivity index (χ1v) is 6.45. The van der Waals surface area contributed by atoms with Crippen molar-refractivity contribution in [3.8, 4) is 0 Å². The summed E-state index contributed by atoms with van der Waals surface area (Å²) in [4.78, 5) is 23.8. The highest BCUT2D eigenvalue weighted by molar-refractivity contribution is 6.01. The number of methoxy groups -OCH3 is 1. The van der Waals surface area contributed by atoms with Crippen molar-refractivity contribution >= 4 is 17.7 Å². The number of ether oxygens (including phenoxy) is 1. The summed E-state index contributed by atoms with van der Waals surface area (Å²) >= 11 is 0. The fourth-order valence-electron chi connectivity index (χ4n) is 1.62. The van der Waals surface area contributed by atoms with Gasteiger partial charge >= 0.3 is 5.97 Å². The molecule has 114 valence electrons. The molecule has 0 aliphatic heterocycles. The maximum atomic E-state index is 12.1. The van der Waals surface area contributed by atoms with E-state index in [0.29, 0.717) is 17.1 Å². The summed E-state index contributed by atoms with van der Waals surface area (Å²) in [5.74, 6) is -0.0796. The molecule has 0 saturated heterocycles. The van der Waals surface area contributed by atoms with E-state index in [4.69, 9.17) is 4.52 Å². The van der Waals surface area contributed by atoms with Gasteiger partial charge in [-0.25, -0.2) is 4.79 Å². The predicted octanol–water partition coefficient (Wildman–Crippen LogP) is 1.84. The molecule has 2 N–H and O–H groups in total. The summed E-state index contributed by atoms with van der Waals surface area (Å²) in [6, 6.07) is 10.2. The molecule has 0 bridgehead atoms. The highest BCUT2D eigenvalue weighted by Crippen LogP contribution is 2.08. The largest absolute Gasteiger partial charge is 0.464 e. The first-order valence-electron chi connectivity index (χ1n) is 6.45. The van der Waals surface area contributed by atoms with E-state index in [9.17, 15) is 9.59 Å². The van der Waals surface area contributed by atoms with Crippen molar-refractivity contribution in [3.05, 3.63) is 59.6 Å². The van der Waals surface area contributed by atoms with E-state index in [1.807, 2.05) is 0 Å². The molecule has 0 aliphatic carbocycles. The second kappa shape index (κ2) is 7.07. The molecule has 0 unspecified atom stereocenters. The number of esters is 1. The number of nitrogens with zero attached hydrogens (tertiary/aromatic N) is 1. The molecule has 1 aromatic carbocycles. The van der Waals surface area contributed by atoms with Crippen molar-refractivity contribution in [1.29, 1.82) is 0 Å². The Labute approximate surface area is 126 Å². The Morgan fingerprint density at radius 3 is 2.59 bits per heavy atom. The molecule has 0 radical (unpaired) electrons. The Balaban J connectivity index is 2.12. The first kappa shape index (κ1) is 15.3. The van der Waals surface area contributed by atoms with Crippen LogP contribution in [0.3, 0.4) is 0 Å². The van der Waals surface area contributed by atoms with Gasteiger partial charge in [0.25, 0.3) is 5.91 Å². The van der Waals surface area contributed by atoms with Gasteiger partial charge in [0.15, 0.2) is 5.82 Å². The zero-order valence-electron chi connectivity index (χ0n) is 12.1. The SMILES string of the molecule is COC(=O)/C(=C/Nc1cc(C)on1)NC(=O)c1ccccc1. The van der Waals surface area contributed by atoms with Gasteiger partial charge in [0.2, 0.25) is 0 Å². The third-order valence-electron chi connectivity index (χ3n) is 2.68. The van der Waals surface area contributed by atoms with Crippen molar-refractivity contribution in [1.82, 2.24) is 10.5 Å². The molecule has 1 heterocycles. The number of aryl methyl sites for hydroxylation is 1. The number of benzene rings is 1. The van der Waals surface area contributed by atoms with E-state index in [2.05, 4.69) is 20.5 Å². The molecular formula is C15H15N3O4. The smallest absolute Gasteiger partial charge is 0.356 e. The van der Waals surface area contributed by atoms with Gasteiger partial charge in [-0.1, -0.05) is 23.4 Å². The fourth-order valence-corrected chi connectivity index (χ4v) is 1.62. The van der Waals surface area contributed by atoms with Crippen LogP contribution >= 0.6 is 0 Å². The zero-order valence-corrected chi connectivity index (χ0v) is 12.1. The highest BCUT2D eigenvalue weighted by Gasteiger charge is 2.14. The van der Waals surface area contributed by atoms with E-state index in [1.165, 1.54) is 13.3 Å². The van der Waals surface area contributed by atoms with Crippen LogP contribution < -0.4 is 10.6 Å². The van der Waals surface area contributed by atoms with Crippen molar-refractivity contribution in [3.63, 3.8) is 0 Å². The summed E-state index contributed by atoms with van der Waals surface area (Å²) in [5.41, 5.74) is 0.381. The standard InChI is InChI=1S/C15H15N3O4/c1-10-8-13(18-22-10)16-9-12(15(20)21-2)17-14(19)11-6-4-3-5-7-11/h3-9H,1-2H3,(H,16,18)(H,17,19)/b12-9-. The third kappa shape index (κ3) is 3.95. The Morgan fingerprint density at radius 1 is 1.27 bits per heavy atom. The maximum Gasteiger partial charge on any atom is 0.356 e. The minimum Gasteiger partial charge on any atom is -0.464 e. The molecular weight excluding hydrogens is 286 g/mol. The van der Waals surface area contributed by atoms with Crippen molar-refractivity contribution in [2.75, 3.05) is 12.4 Å². The summed E-state index contributed by atoms with van der Waals surface area (Å²) < 4.78 is 9.53. The lowest BCUT2D eigenvalue weighted by Crippen LogP contribution is -2.28. The Morgan fingerprint density at radius 2 is 2.00 bits per heavy atom. The maximum absolute atomic E-state index is 12.1. The average molecular weight is 301 g/mol. The number of amides is 1. The Bertz CT molecular complexity index is 692. The van der Waals surface area contributed by atoms with Gasteiger partial charge in [-0.05, 0) is 19.1 Å². The van der Waals surface area contributed by atoms with Crippen LogP contribution in [-0.2, 0) is 9.53 Å². The first-order chi connectivity index (χ1) is 10.6. The van der Waals surface area contributed by atoms with Crippen LogP contribution in [0, 0.1) is 6.92 Å².